The first-order valence-electron chi connectivity index (χ1n) is 3.59. The molecule has 54 valence electrons. The van der Waals surface area contributed by atoms with Gasteiger partial charge in [-0.05, 0) is 23.3 Å². The van der Waals surface area contributed by atoms with Crippen LogP contribution in [0.3, 0.4) is 0 Å². The van der Waals surface area contributed by atoms with Gasteiger partial charge in [0.05, 0.1) is 0 Å². The zero-order chi connectivity index (χ0) is 7.68. The monoisotopic (exact) mass is 206 g/mol. The molecule has 1 aliphatic carbocycles. The highest BCUT2D eigenvalue weighted by atomic mass is 79.9. The fraction of sp³-hybridized carbons (Fsp3) is 0.200. The fourth-order valence-corrected chi connectivity index (χ4v) is 1.66. The van der Waals surface area contributed by atoms with E-state index in [1.54, 1.807) is 0 Å². The van der Waals surface area contributed by atoms with Gasteiger partial charge in [-0.25, -0.2) is 0 Å². The molecule has 0 saturated heterocycles. The number of halogens is 1. The van der Waals surface area contributed by atoms with Gasteiger partial charge < -0.3 is 0 Å². The lowest BCUT2D eigenvalue weighted by Crippen LogP contribution is -1.96. The summed E-state index contributed by atoms with van der Waals surface area (Å²) >= 11 is 3.44. The van der Waals surface area contributed by atoms with Crippen LogP contribution in [0.15, 0.2) is 22.7 Å². The molecule has 0 unspecified atom stereocenters. The van der Waals surface area contributed by atoms with Gasteiger partial charge in [0.25, 0.3) is 0 Å². The summed E-state index contributed by atoms with van der Waals surface area (Å²) in [5, 5.41) is 0. The largest absolute Gasteiger partial charge is 0.0982 e. The molecule has 0 spiro atoms. The zero-order valence-electron chi connectivity index (χ0n) is 6.02. The SMILES string of the molecule is Brc1ccc2c(c1)CC#CC2. The van der Waals surface area contributed by atoms with Crippen LogP contribution in [0.2, 0.25) is 0 Å². The maximum Gasteiger partial charge on any atom is 0.0343 e. The second-order valence-electron chi connectivity index (χ2n) is 2.62. The van der Waals surface area contributed by atoms with Crippen molar-refractivity contribution in [1.29, 1.82) is 0 Å². The molecular formula is C10H7Br. The van der Waals surface area contributed by atoms with Gasteiger partial charge in [-0.1, -0.05) is 33.8 Å². The number of fused-ring (bicyclic) bond motifs is 1. The summed E-state index contributed by atoms with van der Waals surface area (Å²) < 4.78 is 1.15. The van der Waals surface area contributed by atoms with E-state index in [9.17, 15) is 0 Å². The van der Waals surface area contributed by atoms with Gasteiger partial charge in [0.1, 0.15) is 0 Å². The molecule has 0 atom stereocenters. The molecule has 0 bridgehead atoms. The highest BCUT2D eigenvalue weighted by Crippen LogP contribution is 2.18. The predicted molar refractivity (Wildman–Crippen MR) is 49.3 cm³/mol. The zero-order valence-corrected chi connectivity index (χ0v) is 7.61. The van der Waals surface area contributed by atoms with Gasteiger partial charge >= 0.3 is 0 Å². The van der Waals surface area contributed by atoms with Crippen LogP contribution in [-0.4, -0.2) is 0 Å². The first-order chi connectivity index (χ1) is 5.36. The smallest absolute Gasteiger partial charge is 0.0343 e. The Balaban J connectivity index is 2.51. The molecule has 0 amide bonds. The third kappa shape index (κ3) is 1.32. The molecule has 0 N–H and O–H groups in total. The molecule has 11 heavy (non-hydrogen) atoms. The van der Waals surface area contributed by atoms with E-state index in [0.29, 0.717) is 0 Å². The lowest BCUT2D eigenvalue weighted by molar-refractivity contribution is 1.15. The standard InChI is InChI=1S/C10H7Br/c11-10-6-5-8-3-1-2-4-9(8)7-10/h5-7H,3-4H2. The third-order valence-electron chi connectivity index (χ3n) is 1.85. The van der Waals surface area contributed by atoms with Crippen molar-refractivity contribution in [3.63, 3.8) is 0 Å². The molecule has 1 heteroatoms. The van der Waals surface area contributed by atoms with Crippen LogP contribution >= 0.6 is 15.9 Å². The molecule has 0 fully saturated rings. The van der Waals surface area contributed by atoms with Gasteiger partial charge in [0.15, 0.2) is 0 Å². The molecule has 0 aliphatic heterocycles. The average molecular weight is 207 g/mol. The Kier molecular flexibility index (Phi) is 1.71. The molecule has 0 saturated carbocycles. The van der Waals surface area contributed by atoms with E-state index in [-0.39, 0.29) is 0 Å². The minimum absolute atomic E-state index is 0.911. The van der Waals surface area contributed by atoms with Gasteiger partial charge in [0.2, 0.25) is 0 Å². The summed E-state index contributed by atoms with van der Waals surface area (Å²) in [5.41, 5.74) is 2.75. The third-order valence-corrected chi connectivity index (χ3v) is 2.34. The summed E-state index contributed by atoms with van der Waals surface area (Å²) in [4.78, 5) is 0. The summed E-state index contributed by atoms with van der Waals surface area (Å²) in [6.07, 6.45) is 1.83. The molecule has 1 aromatic rings. The number of rotatable bonds is 0. The average Bonchev–Trinajstić information content (AvgIpc) is 2.04. The number of hydrogen-bond donors (Lipinski definition) is 0. The lowest BCUT2D eigenvalue weighted by atomic mass is 9.99. The van der Waals surface area contributed by atoms with Crippen molar-refractivity contribution < 1.29 is 0 Å². The van der Waals surface area contributed by atoms with Gasteiger partial charge in [0, 0.05) is 17.3 Å². The summed E-state index contributed by atoms with van der Waals surface area (Å²) in [5.74, 6) is 6.19. The molecule has 0 nitrogen and oxygen atoms in total. The molecular weight excluding hydrogens is 200 g/mol. The van der Waals surface area contributed by atoms with Crippen LogP contribution in [0.5, 0.6) is 0 Å². The minimum atomic E-state index is 0.911. The van der Waals surface area contributed by atoms with Crippen molar-refractivity contribution in [1.82, 2.24) is 0 Å². The predicted octanol–water partition coefficient (Wildman–Crippen LogP) is 2.55. The van der Waals surface area contributed by atoms with Crippen molar-refractivity contribution in [2.45, 2.75) is 12.8 Å². The Labute approximate surface area is 74.8 Å². The number of hydrogen-bond acceptors (Lipinski definition) is 0. The Hall–Kier alpha value is -0.740. The van der Waals surface area contributed by atoms with Crippen LogP contribution in [0.1, 0.15) is 11.1 Å². The van der Waals surface area contributed by atoms with E-state index in [4.69, 9.17) is 0 Å². The summed E-state index contributed by atoms with van der Waals surface area (Å²) in [6, 6.07) is 6.38. The van der Waals surface area contributed by atoms with Crippen molar-refractivity contribution in [2.24, 2.45) is 0 Å². The van der Waals surface area contributed by atoms with E-state index in [1.165, 1.54) is 11.1 Å². The topological polar surface area (TPSA) is 0 Å². The Morgan fingerprint density at radius 3 is 2.64 bits per heavy atom. The van der Waals surface area contributed by atoms with Crippen LogP contribution in [0, 0.1) is 11.8 Å². The van der Waals surface area contributed by atoms with Gasteiger partial charge in [-0.15, -0.1) is 0 Å². The molecule has 0 aromatic heterocycles. The van der Waals surface area contributed by atoms with E-state index >= 15 is 0 Å². The quantitative estimate of drug-likeness (QED) is 0.573. The summed E-state index contributed by atoms with van der Waals surface area (Å²) in [6.45, 7) is 0. The van der Waals surface area contributed by atoms with Crippen molar-refractivity contribution in [3.8, 4) is 11.8 Å². The maximum atomic E-state index is 3.44. The van der Waals surface area contributed by atoms with E-state index in [0.717, 1.165) is 17.3 Å². The first kappa shape index (κ1) is 6.94. The van der Waals surface area contributed by atoms with E-state index in [2.05, 4.69) is 46.0 Å². The lowest BCUT2D eigenvalue weighted by Gasteiger charge is -2.07. The number of benzene rings is 1. The molecule has 0 radical (unpaired) electrons. The van der Waals surface area contributed by atoms with Gasteiger partial charge in [-0.2, -0.15) is 0 Å². The maximum absolute atomic E-state index is 3.44. The van der Waals surface area contributed by atoms with E-state index < -0.39 is 0 Å². The van der Waals surface area contributed by atoms with Crippen molar-refractivity contribution in [3.05, 3.63) is 33.8 Å². The van der Waals surface area contributed by atoms with Crippen LogP contribution in [0.25, 0.3) is 0 Å². The first-order valence-corrected chi connectivity index (χ1v) is 4.38. The van der Waals surface area contributed by atoms with Gasteiger partial charge in [-0.3, -0.25) is 0 Å². The Morgan fingerprint density at radius 1 is 1.09 bits per heavy atom. The van der Waals surface area contributed by atoms with Crippen LogP contribution < -0.4 is 0 Å². The fourth-order valence-electron chi connectivity index (χ4n) is 1.25. The Morgan fingerprint density at radius 2 is 1.82 bits per heavy atom. The second kappa shape index (κ2) is 2.71. The Bertz CT molecular complexity index is 342. The van der Waals surface area contributed by atoms with Crippen LogP contribution in [-0.2, 0) is 12.8 Å². The molecule has 0 heterocycles. The normalized spacial score (nSPS) is 13.2. The molecule has 1 aliphatic rings. The highest BCUT2D eigenvalue weighted by Gasteiger charge is 2.03. The molecule has 2 rings (SSSR count). The minimum Gasteiger partial charge on any atom is -0.0982 e. The van der Waals surface area contributed by atoms with E-state index in [1.807, 2.05) is 0 Å². The van der Waals surface area contributed by atoms with Crippen molar-refractivity contribution in [2.75, 3.05) is 0 Å². The van der Waals surface area contributed by atoms with Crippen LogP contribution in [0.4, 0.5) is 0 Å². The van der Waals surface area contributed by atoms with Crippen molar-refractivity contribution >= 4 is 15.9 Å². The highest BCUT2D eigenvalue weighted by molar-refractivity contribution is 9.10. The second-order valence-corrected chi connectivity index (χ2v) is 3.54. The summed E-state index contributed by atoms with van der Waals surface area (Å²) in [7, 11) is 0. The molecule has 1 aromatic carbocycles.